The van der Waals surface area contributed by atoms with Crippen molar-refractivity contribution >= 4 is 34.5 Å². The molecule has 0 aliphatic carbocycles. The maximum atomic E-state index is 12.3. The van der Waals surface area contributed by atoms with Gasteiger partial charge in [0.1, 0.15) is 0 Å². The number of amides is 3. The smallest absolute Gasteiger partial charge is 0.404 e. The molecule has 3 heterocycles. The number of carbonyl (C=O) groups is 3. The number of hydrogen-bond donors (Lipinski definition) is 3. The summed E-state index contributed by atoms with van der Waals surface area (Å²) in [4.78, 5) is 36.8. The zero-order valence-electron chi connectivity index (χ0n) is 15.8. The lowest BCUT2D eigenvalue weighted by Crippen LogP contribution is -2.44. The van der Waals surface area contributed by atoms with Gasteiger partial charge in [-0.25, -0.2) is 4.79 Å². The van der Waals surface area contributed by atoms with Gasteiger partial charge < -0.3 is 19.9 Å². The number of benzene rings is 1. The summed E-state index contributed by atoms with van der Waals surface area (Å²) in [5.41, 5.74) is 3.10. The molecule has 2 aliphatic heterocycles. The van der Waals surface area contributed by atoms with Gasteiger partial charge in [0, 0.05) is 49.9 Å². The molecule has 8 nitrogen and oxygen atoms in total. The number of hydrogen-bond acceptors (Lipinski definition) is 4. The molecule has 2 saturated heterocycles. The third kappa shape index (κ3) is 3.42. The average molecular weight is 384 g/mol. The van der Waals surface area contributed by atoms with Gasteiger partial charge in [0.2, 0.25) is 11.8 Å². The van der Waals surface area contributed by atoms with Crippen LogP contribution in [-0.4, -0.2) is 46.7 Å². The van der Waals surface area contributed by atoms with Crippen molar-refractivity contribution in [3.63, 3.8) is 0 Å². The van der Waals surface area contributed by atoms with Gasteiger partial charge in [-0.2, -0.15) is 0 Å². The van der Waals surface area contributed by atoms with Crippen LogP contribution >= 0.6 is 0 Å². The van der Waals surface area contributed by atoms with Crippen molar-refractivity contribution in [3.05, 3.63) is 30.0 Å². The summed E-state index contributed by atoms with van der Waals surface area (Å²) in [5, 5.41) is 14.9. The molecule has 2 fully saturated rings. The highest BCUT2D eigenvalue weighted by Crippen LogP contribution is 2.34. The van der Waals surface area contributed by atoms with Crippen LogP contribution in [0.2, 0.25) is 0 Å². The number of fused-ring (bicyclic) bond motifs is 1. The van der Waals surface area contributed by atoms with E-state index in [-0.39, 0.29) is 23.8 Å². The number of aromatic nitrogens is 1. The molecule has 0 bridgehead atoms. The van der Waals surface area contributed by atoms with Crippen molar-refractivity contribution < 1.29 is 19.5 Å². The van der Waals surface area contributed by atoms with Crippen molar-refractivity contribution in [1.82, 2.24) is 15.2 Å². The zero-order chi connectivity index (χ0) is 19.8. The van der Waals surface area contributed by atoms with E-state index in [9.17, 15) is 14.4 Å². The largest absolute Gasteiger partial charge is 0.465 e. The minimum absolute atomic E-state index is 0.00615. The molecule has 148 valence electrons. The van der Waals surface area contributed by atoms with Gasteiger partial charge in [-0.05, 0) is 37.0 Å². The molecule has 3 N–H and O–H groups in total. The Morgan fingerprint density at radius 1 is 1.21 bits per heavy atom. The molecule has 8 heteroatoms. The molecule has 28 heavy (non-hydrogen) atoms. The molecule has 4 rings (SSSR count). The fourth-order valence-corrected chi connectivity index (χ4v) is 4.32. The first kappa shape index (κ1) is 18.3. The van der Waals surface area contributed by atoms with Gasteiger partial charge in [0.25, 0.3) is 0 Å². The Balaban J connectivity index is 1.56. The Morgan fingerprint density at radius 2 is 1.96 bits per heavy atom. The number of carboxylic acid groups (broad SMARTS) is 1. The molecule has 1 unspecified atom stereocenters. The monoisotopic (exact) mass is 384 g/mol. The Bertz CT molecular complexity index is 943. The average Bonchev–Trinajstić information content (AvgIpc) is 2.98. The summed E-state index contributed by atoms with van der Waals surface area (Å²) >= 11 is 0. The summed E-state index contributed by atoms with van der Waals surface area (Å²) in [6.45, 7) is 1.59. The van der Waals surface area contributed by atoms with Gasteiger partial charge in [0.15, 0.2) is 0 Å². The van der Waals surface area contributed by atoms with Gasteiger partial charge in [-0.15, -0.1) is 0 Å². The number of nitrogens with one attached hydrogen (secondary N) is 2. The van der Waals surface area contributed by atoms with Gasteiger partial charge >= 0.3 is 6.09 Å². The zero-order valence-corrected chi connectivity index (χ0v) is 15.8. The van der Waals surface area contributed by atoms with Crippen molar-refractivity contribution in [3.8, 4) is 0 Å². The SMILES string of the molecule is Cn1cc(C2CCC(=O)NC2=O)c2ccc(N3CCC(NC(=O)O)CC3)cc21. The van der Waals surface area contributed by atoms with E-state index in [1.807, 2.05) is 23.9 Å². The number of piperidine rings is 2. The molecule has 0 spiro atoms. The second-order valence-electron chi connectivity index (χ2n) is 7.61. The van der Waals surface area contributed by atoms with E-state index in [4.69, 9.17) is 5.11 Å². The van der Waals surface area contributed by atoms with Crippen LogP contribution in [0.5, 0.6) is 0 Å². The van der Waals surface area contributed by atoms with E-state index in [0.717, 1.165) is 48.1 Å². The molecule has 1 atom stereocenters. The maximum Gasteiger partial charge on any atom is 0.404 e. The predicted octanol–water partition coefficient (Wildman–Crippen LogP) is 1.93. The van der Waals surface area contributed by atoms with Crippen LogP contribution in [0, 0.1) is 0 Å². The van der Waals surface area contributed by atoms with Crippen molar-refractivity contribution in [2.75, 3.05) is 18.0 Å². The van der Waals surface area contributed by atoms with Crippen LogP contribution in [0.4, 0.5) is 10.5 Å². The standard InChI is InChI=1S/C20H24N4O4/c1-23-11-16(15-4-5-18(25)22-19(15)26)14-3-2-13(10-17(14)23)24-8-6-12(7-9-24)21-20(27)28/h2-3,10-12,15,21H,4-9H2,1H3,(H,27,28)(H,22,25,26). The van der Waals surface area contributed by atoms with E-state index in [2.05, 4.69) is 27.7 Å². The number of imide groups is 1. The number of anilines is 1. The lowest BCUT2D eigenvalue weighted by atomic mass is 9.90. The molecule has 1 aromatic heterocycles. The van der Waals surface area contributed by atoms with E-state index in [0.29, 0.717) is 12.8 Å². The Hall–Kier alpha value is -3.03. The summed E-state index contributed by atoms with van der Waals surface area (Å²) in [7, 11) is 1.96. The minimum Gasteiger partial charge on any atom is -0.465 e. The number of rotatable bonds is 3. The Kier molecular flexibility index (Phi) is 4.70. The Labute approximate surface area is 162 Å². The molecular formula is C20H24N4O4. The van der Waals surface area contributed by atoms with Gasteiger partial charge in [-0.1, -0.05) is 6.07 Å². The van der Waals surface area contributed by atoms with Gasteiger partial charge in [0.05, 0.1) is 11.4 Å². The third-order valence-electron chi connectivity index (χ3n) is 5.81. The molecule has 1 aromatic carbocycles. The van der Waals surface area contributed by atoms with E-state index < -0.39 is 6.09 Å². The van der Waals surface area contributed by atoms with Crippen LogP contribution in [-0.2, 0) is 16.6 Å². The molecule has 2 aromatic rings. The van der Waals surface area contributed by atoms with Crippen molar-refractivity contribution in [2.24, 2.45) is 7.05 Å². The van der Waals surface area contributed by atoms with Crippen LogP contribution in [0.1, 0.15) is 37.2 Å². The normalized spacial score (nSPS) is 21.0. The van der Waals surface area contributed by atoms with Crippen LogP contribution in [0.15, 0.2) is 24.4 Å². The van der Waals surface area contributed by atoms with Crippen LogP contribution < -0.4 is 15.5 Å². The number of carbonyl (C=O) groups excluding carboxylic acids is 2. The quantitative estimate of drug-likeness (QED) is 0.702. The highest BCUT2D eigenvalue weighted by molar-refractivity contribution is 6.03. The van der Waals surface area contributed by atoms with E-state index >= 15 is 0 Å². The second-order valence-corrected chi connectivity index (χ2v) is 7.61. The summed E-state index contributed by atoms with van der Waals surface area (Å²) < 4.78 is 2.02. The minimum atomic E-state index is -0.968. The summed E-state index contributed by atoms with van der Waals surface area (Å²) in [6.07, 6.45) is 3.47. The highest BCUT2D eigenvalue weighted by atomic mass is 16.4. The first-order valence-electron chi connectivity index (χ1n) is 9.59. The number of nitrogens with zero attached hydrogens (tertiary/aromatic N) is 2. The van der Waals surface area contributed by atoms with E-state index in [1.54, 1.807) is 0 Å². The van der Waals surface area contributed by atoms with Crippen LogP contribution in [0.3, 0.4) is 0 Å². The fraction of sp³-hybridized carbons (Fsp3) is 0.450. The van der Waals surface area contributed by atoms with Gasteiger partial charge in [-0.3, -0.25) is 14.9 Å². The summed E-state index contributed by atoms with van der Waals surface area (Å²) in [6, 6.07) is 6.23. The molecule has 0 saturated carbocycles. The molecule has 3 amide bonds. The Morgan fingerprint density at radius 3 is 2.64 bits per heavy atom. The van der Waals surface area contributed by atoms with Crippen molar-refractivity contribution in [2.45, 2.75) is 37.6 Å². The van der Waals surface area contributed by atoms with E-state index in [1.165, 1.54) is 0 Å². The highest BCUT2D eigenvalue weighted by Gasteiger charge is 2.30. The maximum absolute atomic E-state index is 12.3. The second kappa shape index (κ2) is 7.18. The third-order valence-corrected chi connectivity index (χ3v) is 5.81. The first-order valence-corrected chi connectivity index (χ1v) is 9.59. The van der Waals surface area contributed by atoms with Crippen LogP contribution in [0.25, 0.3) is 10.9 Å². The molecule has 0 radical (unpaired) electrons. The van der Waals surface area contributed by atoms with Crippen molar-refractivity contribution in [1.29, 1.82) is 0 Å². The molecular weight excluding hydrogens is 360 g/mol. The predicted molar refractivity (Wildman–Crippen MR) is 104 cm³/mol. The summed E-state index contributed by atoms with van der Waals surface area (Å²) in [5.74, 6) is -0.726. The first-order chi connectivity index (χ1) is 13.4. The number of aryl methyl sites for hydroxylation is 1. The molecule has 2 aliphatic rings. The fourth-order valence-electron chi connectivity index (χ4n) is 4.32. The lowest BCUT2D eigenvalue weighted by molar-refractivity contribution is -0.134. The lowest BCUT2D eigenvalue weighted by Gasteiger charge is -2.33. The topological polar surface area (TPSA) is 104 Å².